The van der Waals surface area contributed by atoms with E-state index in [4.69, 9.17) is 5.73 Å². The smallest absolute Gasteiger partial charge is 0.280 e. The van der Waals surface area contributed by atoms with Crippen molar-refractivity contribution in [2.75, 3.05) is 0 Å². The van der Waals surface area contributed by atoms with E-state index in [9.17, 15) is 4.79 Å². The third kappa shape index (κ3) is 2.46. The Kier molecular flexibility index (Phi) is 2.68. The van der Waals surface area contributed by atoms with Gasteiger partial charge < -0.3 is 5.73 Å². The van der Waals surface area contributed by atoms with Crippen molar-refractivity contribution in [1.29, 1.82) is 0 Å². The molecule has 0 saturated heterocycles. The molecule has 0 spiro atoms. The van der Waals surface area contributed by atoms with Crippen molar-refractivity contribution in [3.63, 3.8) is 0 Å². The van der Waals surface area contributed by atoms with Crippen LogP contribution in [-0.2, 0) is 13.5 Å². The summed E-state index contributed by atoms with van der Waals surface area (Å²) in [5.74, 6) is 0. The SMILES string of the molecule is Cn1nc(CCC2(N)CC2)cc(Br)c1=O. The number of aryl methyl sites for hydroxylation is 2. The lowest BCUT2D eigenvalue weighted by molar-refractivity contribution is 0.584. The van der Waals surface area contributed by atoms with Gasteiger partial charge in [0.25, 0.3) is 5.56 Å². The maximum Gasteiger partial charge on any atom is 0.280 e. The van der Waals surface area contributed by atoms with Gasteiger partial charge in [-0.15, -0.1) is 0 Å². The maximum atomic E-state index is 11.4. The average Bonchev–Trinajstić information content (AvgIpc) is 2.90. The molecule has 82 valence electrons. The molecule has 1 saturated carbocycles. The molecule has 1 fully saturated rings. The molecule has 15 heavy (non-hydrogen) atoms. The van der Waals surface area contributed by atoms with E-state index in [1.54, 1.807) is 13.1 Å². The van der Waals surface area contributed by atoms with Crippen LogP contribution < -0.4 is 11.3 Å². The Bertz CT molecular complexity index is 411. The van der Waals surface area contributed by atoms with Gasteiger partial charge in [-0.25, -0.2) is 4.68 Å². The Balaban J connectivity index is 2.11. The van der Waals surface area contributed by atoms with E-state index in [-0.39, 0.29) is 11.1 Å². The van der Waals surface area contributed by atoms with Crippen LogP contribution in [0.3, 0.4) is 0 Å². The van der Waals surface area contributed by atoms with Crippen molar-refractivity contribution < 1.29 is 0 Å². The lowest BCUT2D eigenvalue weighted by Gasteiger charge is -2.08. The van der Waals surface area contributed by atoms with Gasteiger partial charge in [0, 0.05) is 12.6 Å². The summed E-state index contributed by atoms with van der Waals surface area (Å²) in [4.78, 5) is 11.4. The average molecular weight is 272 g/mol. The third-order valence-electron chi connectivity index (χ3n) is 2.84. The predicted molar refractivity (Wildman–Crippen MR) is 61.7 cm³/mol. The summed E-state index contributed by atoms with van der Waals surface area (Å²) in [6.45, 7) is 0. The lowest BCUT2D eigenvalue weighted by atomic mass is 10.1. The van der Waals surface area contributed by atoms with E-state index in [1.807, 2.05) is 0 Å². The first-order chi connectivity index (χ1) is 7.00. The molecule has 5 heteroatoms. The second-order valence-electron chi connectivity index (χ2n) is 4.27. The van der Waals surface area contributed by atoms with Crippen LogP contribution in [0.25, 0.3) is 0 Å². The topological polar surface area (TPSA) is 60.9 Å². The Hall–Kier alpha value is -0.680. The van der Waals surface area contributed by atoms with E-state index in [1.165, 1.54) is 4.68 Å². The van der Waals surface area contributed by atoms with Crippen LogP contribution >= 0.6 is 15.9 Å². The molecule has 1 aliphatic rings. The van der Waals surface area contributed by atoms with Gasteiger partial charge in [0.2, 0.25) is 0 Å². The first-order valence-electron chi connectivity index (χ1n) is 5.02. The van der Waals surface area contributed by atoms with Gasteiger partial charge in [-0.1, -0.05) is 0 Å². The van der Waals surface area contributed by atoms with Crippen LogP contribution in [0.1, 0.15) is 25.0 Å². The van der Waals surface area contributed by atoms with Crippen LogP contribution in [0.2, 0.25) is 0 Å². The summed E-state index contributed by atoms with van der Waals surface area (Å²) in [6.07, 6.45) is 4.01. The number of hydrogen-bond donors (Lipinski definition) is 1. The van der Waals surface area contributed by atoms with Crippen molar-refractivity contribution in [3.8, 4) is 0 Å². The molecule has 0 amide bonds. The molecule has 4 nitrogen and oxygen atoms in total. The van der Waals surface area contributed by atoms with Crippen molar-refractivity contribution in [2.24, 2.45) is 12.8 Å². The number of nitrogens with two attached hydrogens (primary N) is 1. The van der Waals surface area contributed by atoms with Crippen molar-refractivity contribution in [3.05, 3.63) is 26.6 Å². The van der Waals surface area contributed by atoms with Gasteiger partial charge in [0.05, 0.1) is 10.2 Å². The molecule has 2 N–H and O–H groups in total. The van der Waals surface area contributed by atoms with E-state index >= 15 is 0 Å². The van der Waals surface area contributed by atoms with Crippen LogP contribution in [0.15, 0.2) is 15.3 Å². The first kappa shape index (κ1) is 10.8. The summed E-state index contributed by atoms with van der Waals surface area (Å²) in [6, 6.07) is 1.79. The highest BCUT2D eigenvalue weighted by atomic mass is 79.9. The molecule has 0 unspecified atom stereocenters. The highest BCUT2D eigenvalue weighted by Crippen LogP contribution is 2.36. The van der Waals surface area contributed by atoms with E-state index < -0.39 is 0 Å². The number of nitrogens with zero attached hydrogens (tertiary/aromatic N) is 2. The van der Waals surface area contributed by atoms with Crippen LogP contribution in [0.4, 0.5) is 0 Å². The van der Waals surface area contributed by atoms with Crippen molar-refractivity contribution >= 4 is 15.9 Å². The third-order valence-corrected chi connectivity index (χ3v) is 3.41. The fraction of sp³-hybridized carbons (Fsp3) is 0.600. The Labute approximate surface area is 96.6 Å². The van der Waals surface area contributed by atoms with Crippen LogP contribution in [-0.4, -0.2) is 15.3 Å². The number of aromatic nitrogens is 2. The number of rotatable bonds is 3. The maximum absolute atomic E-state index is 11.4. The summed E-state index contributed by atoms with van der Waals surface area (Å²) in [7, 11) is 1.66. The molecule has 2 rings (SSSR count). The zero-order valence-corrected chi connectivity index (χ0v) is 10.2. The van der Waals surface area contributed by atoms with Gasteiger partial charge in [-0.05, 0) is 47.7 Å². The Morgan fingerprint density at radius 2 is 2.33 bits per heavy atom. The molecule has 0 atom stereocenters. The first-order valence-corrected chi connectivity index (χ1v) is 5.81. The largest absolute Gasteiger partial charge is 0.325 e. The zero-order chi connectivity index (χ0) is 11.1. The lowest BCUT2D eigenvalue weighted by Crippen LogP contribution is -2.24. The van der Waals surface area contributed by atoms with E-state index in [2.05, 4.69) is 21.0 Å². The fourth-order valence-electron chi connectivity index (χ4n) is 1.54. The van der Waals surface area contributed by atoms with E-state index in [0.29, 0.717) is 4.47 Å². The monoisotopic (exact) mass is 271 g/mol. The molecule has 1 heterocycles. The molecule has 1 aromatic rings. The van der Waals surface area contributed by atoms with Crippen molar-refractivity contribution in [2.45, 2.75) is 31.2 Å². The summed E-state index contributed by atoms with van der Waals surface area (Å²) in [5, 5.41) is 4.18. The molecule has 0 bridgehead atoms. The molecule has 1 aromatic heterocycles. The van der Waals surface area contributed by atoms with Gasteiger partial charge in [-0.2, -0.15) is 5.10 Å². The second-order valence-corrected chi connectivity index (χ2v) is 5.13. The van der Waals surface area contributed by atoms with Crippen molar-refractivity contribution in [1.82, 2.24) is 9.78 Å². The Morgan fingerprint density at radius 1 is 1.67 bits per heavy atom. The van der Waals surface area contributed by atoms with Crippen LogP contribution in [0, 0.1) is 0 Å². The van der Waals surface area contributed by atoms with E-state index in [0.717, 1.165) is 31.4 Å². The molecule has 1 aliphatic carbocycles. The highest BCUT2D eigenvalue weighted by molar-refractivity contribution is 9.10. The quantitative estimate of drug-likeness (QED) is 0.891. The minimum absolute atomic E-state index is 0.0445. The molecule has 0 radical (unpaired) electrons. The van der Waals surface area contributed by atoms with Gasteiger partial charge >= 0.3 is 0 Å². The van der Waals surface area contributed by atoms with Gasteiger partial charge in [-0.3, -0.25) is 4.79 Å². The molecule has 0 aromatic carbocycles. The predicted octanol–water partition coefficient (Wildman–Crippen LogP) is 0.967. The van der Waals surface area contributed by atoms with Crippen LogP contribution in [0.5, 0.6) is 0 Å². The molecular weight excluding hydrogens is 258 g/mol. The number of halogens is 1. The highest BCUT2D eigenvalue weighted by Gasteiger charge is 2.37. The van der Waals surface area contributed by atoms with Gasteiger partial charge in [0.15, 0.2) is 0 Å². The minimum atomic E-state index is -0.104. The Morgan fingerprint density at radius 3 is 2.87 bits per heavy atom. The molecule has 0 aliphatic heterocycles. The summed E-state index contributed by atoms with van der Waals surface area (Å²) < 4.78 is 1.92. The summed E-state index contributed by atoms with van der Waals surface area (Å²) in [5.41, 5.74) is 6.85. The minimum Gasteiger partial charge on any atom is -0.325 e. The standard InChI is InChI=1S/C10H14BrN3O/c1-14-9(15)8(11)6-7(13-14)2-3-10(12)4-5-10/h6H,2-5,12H2,1H3. The molecular formula is C10H14BrN3O. The summed E-state index contributed by atoms with van der Waals surface area (Å²) >= 11 is 3.23. The number of hydrogen-bond acceptors (Lipinski definition) is 3. The normalized spacial score (nSPS) is 17.8. The van der Waals surface area contributed by atoms with Gasteiger partial charge in [0.1, 0.15) is 0 Å². The second kappa shape index (κ2) is 3.72. The fourth-order valence-corrected chi connectivity index (χ4v) is 2.06. The zero-order valence-electron chi connectivity index (χ0n) is 8.66.